The van der Waals surface area contributed by atoms with Crippen molar-refractivity contribution in [3.8, 4) is 5.75 Å². The third kappa shape index (κ3) is 3.26. The summed E-state index contributed by atoms with van der Waals surface area (Å²) in [5, 5.41) is 12.7. The van der Waals surface area contributed by atoms with Gasteiger partial charge in [-0.2, -0.15) is 0 Å². The summed E-state index contributed by atoms with van der Waals surface area (Å²) in [7, 11) is 1.48. The maximum Gasteiger partial charge on any atom is 0.261 e. The minimum atomic E-state index is -0.541. The molecule has 0 aromatic heterocycles. The molecule has 0 unspecified atom stereocenters. The maximum absolute atomic E-state index is 12.4. The van der Waals surface area contributed by atoms with Crippen molar-refractivity contribution < 1.29 is 24.2 Å². The first kappa shape index (κ1) is 17.9. The molecule has 1 aliphatic rings. The van der Waals surface area contributed by atoms with E-state index in [1.165, 1.54) is 43.5 Å². The molecule has 8 heteroatoms. The zero-order valence-corrected chi connectivity index (χ0v) is 14.5. The van der Waals surface area contributed by atoms with Gasteiger partial charge in [-0.05, 0) is 36.4 Å². The molecular formula is C18H15ClN2O5. The molecule has 0 saturated heterocycles. The lowest BCUT2D eigenvalue weighted by molar-refractivity contribution is 0.0603. The monoisotopic (exact) mass is 374 g/mol. The number of methoxy groups -OCH3 is 1. The van der Waals surface area contributed by atoms with E-state index in [9.17, 15) is 19.5 Å². The topological polar surface area (TPSA) is 95.9 Å². The third-order valence-electron chi connectivity index (χ3n) is 3.96. The Morgan fingerprint density at radius 1 is 1.15 bits per heavy atom. The number of benzene rings is 2. The molecular weight excluding hydrogens is 360 g/mol. The minimum absolute atomic E-state index is 0.138. The number of aromatic hydroxyl groups is 1. The average molecular weight is 375 g/mol. The Bertz CT molecular complexity index is 912. The van der Waals surface area contributed by atoms with E-state index in [0.717, 1.165) is 4.90 Å². The van der Waals surface area contributed by atoms with Gasteiger partial charge in [0.1, 0.15) is 5.75 Å². The molecule has 0 fully saturated rings. The van der Waals surface area contributed by atoms with E-state index >= 15 is 0 Å². The van der Waals surface area contributed by atoms with Gasteiger partial charge in [-0.15, -0.1) is 0 Å². The highest BCUT2D eigenvalue weighted by molar-refractivity contribution is 6.31. The summed E-state index contributed by atoms with van der Waals surface area (Å²) in [6.07, 6.45) is 0. The molecule has 134 valence electrons. The Hall–Kier alpha value is -2.90. The highest BCUT2D eigenvalue weighted by atomic mass is 35.5. The van der Waals surface area contributed by atoms with Crippen molar-refractivity contribution in [1.29, 1.82) is 0 Å². The molecule has 2 aromatic rings. The molecule has 0 saturated carbocycles. The van der Waals surface area contributed by atoms with Crippen molar-refractivity contribution in [3.63, 3.8) is 0 Å². The second-order valence-corrected chi connectivity index (χ2v) is 6.07. The molecule has 0 spiro atoms. The molecule has 0 aliphatic carbocycles. The summed E-state index contributed by atoms with van der Waals surface area (Å²) >= 11 is 5.86. The fourth-order valence-electron chi connectivity index (χ4n) is 2.62. The maximum atomic E-state index is 12.4. The van der Waals surface area contributed by atoms with Gasteiger partial charge >= 0.3 is 0 Å². The number of hydrogen-bond donors (Lipinski definition) is 2. The second kappa shape index (κ2) is 7.15. The van der Waals surface area contributed by atoms with Crippen molar-refractivity contribution in [2.24, 2.45) is 0 Å². The molecule has 2 N–H and O–H groups in total. The zero-order chi connectivity index (χ0) is 18.8. The number of carbonyl (C=O) groups excluding carboxylic acids is 3. The van der Waals surface area contributed by atoms with Crippen LogP contribution in [0.4, 0.5) is 5.69 Å². The molecule has 7 nitrogen and oxygen atoms in total. The van der Waals surface area contributed by atoms with Crippen molar-refractivity contribution >= 4 is 35.0 Å². The molecule has 3 rings (SSSR count). The number of nitrogens with zero attached hydrogens (tertiary/aromatic N) is 1. The molecule has 2 aromatic carbocycles. The van der Waals surface area contributed by atoms with Crippen LogP contribution in [0.3, 0.4) is 0 Å². The Kier molecular flexibility index (Phi) is 4.92. The zero-order valence-electron chi connectivity index (χ0n) is 13.8. The van der Waals surface area contributed by atoms with Crippen LogP contribution < -0.4 is 5.32 Å². The lowest BCUT2D eigenvalue weighted by Crippen LogP contribution is -2.32. The molecule has 0 bridgehead atoms. The summed E-state index contributed by atoms with van der Waals surface area (Å²) in [6, 6.07) is 8.50. The molecule has 1 aliphatic heterocycles. The van der Waals surface area contributed by atoms with Crippen LogP contribution in [-0.2, 0) is 4.74 Å². The fraction of sp³-hybridized carbons (Fsp3) is 0.167. The summed E-state index contributed by atoms with van der Waals surface area (Å²) in [5.41, 5.74) is 0.729. The number of halogens is 1. The number of carbonyl (C=O) groups is 3. The number of rotatable bonds is 5. The number of amides is 3. The normalized spacial score (nSPS) is 13.1. The number of phenolic OH excluding ortho intramolecular Hbond substituents is 1. The van der Waals surface area contributed by atoms with Crippen LogP contribution in [0.25, 0.3) is 0 Å². The SMILES string of the molecule is COCCN1C(=O)c2ccc(C(=O)Nc3cc(Cl)ccc3O)cc2C1=O. The number of phenols is 1. The highest BCUT2D eigenvalue weighted by Crippen LogP contribution is 2.28. The van der Waals surface area contributed by atoms with Gasteiger partial charge in [-0.25, -0.2) is 0 Å². The smallest absolute Gasteiger partial charge is 0.261 e. The standard InChI is InChI=1S/C18H15ClN2O5/c1-26-7-6-21-17(24)12-4-2-10(8-13(12)18(21)25)16(23)20-14-9-11(19)3-5-15(14)22/h2-5,8-9,22H,6-7H2,1H3,(H,20,23). The minimum Gasteiger partial charge on any atom is -0.506 e. The fourth-order valence-corrected chi connectivity index (χ4v) is 2.79. The van der Waals surface area contributed by atoms with Gasteiger partial charge in [-0.3, -0.25) is 19.3 Å². The van der Waals surface area contributed by atoms with Crippen molar-refractivity contribution in [1.82, 2.24) is 4.90 Å². The number of ether oxygens (including phenoxy) is 1. The first-order chi connectivity index (χ1) is 12.4. The molecule has 26 heavy (non-hydrogen) atoms. The number of fused-ring (bicyclic) bond motifs is 1. The summed E-state index contributed by atoms with van der Waals surface area (Å²) in [5.74, 6) is -1.56. The van der Waals surface area contributed by atoms with E-state index < -0.39 is 17.7 Å². The van der Waals surface area contributed by atoms with E-state index in [2.05, 4.69) is 5.32 Å². The lowest BCUT2D eigenvalue weighted by Gasteiger charge is -2.12. The Labute approximate surface area is 154 Å². The van der Waals surface area contributed by atoms with Crippen molar-refractivity contribution in [2.75, 3.05) is 25.6 Å². The van der Waals surface area contributed by atoms with E-state index in [4.69, 9.17) is 16.3 Å². The average Bonchev–Trinajstić information content (AvgIpc) is 2.86. The number of hydrogen-bond acceptors (Lipinski definition) is 5. The Balaban J connectivity index is 1.85. The van der Waals surface area contributed by atoms with E-state index in [1.54, 1.807) is 0 Å². The summed E-state index contributed by atoms with van der Waals surface area (Å²) in [6.45, 7) is 0.369. The quantitative estimate of drug-likeness (QED) is 0.619. The van der Waals surface area contributed by atoms with E-state index in [0.29, 0.717) is 5.02 Å². The van der Waals surface area contributed by atoms with Gasteiger partial charge in [0, 0.05) is 17.7 Å². The van der Waals surface area contributed by atoms with Crippen LogP contribution in [0.5, 0.6) is 5.75 Å². The van der Waals surface area contributed by atoms with Crippen LogP contribution in [0.15, 0.2) is 36.4 Å². The van der Waals surface area contributed by atoms with Gasteiger partial charge in [0.25, 0.3) is 17.7 Å². The number of imide groups is 1. The van der Waals surface area contributed by atoms with Crippen LogP contribution in [0.2, 0.25) is 5.02 Å². The second-order valence-electron chi connectivity index (χ2n) is 5.63. The molecule has 0 radical (unpaired) electrons. The van der Waals surface area contributed by atoms with Gasteiger partial charge in [-0.1, -0.05) is 11.6 Å². The predicted octanol–water partition coefficient (Wildman–Crippen LogP) is 2.54. The first-order valence-corrected chi connectivity index (χ1v) is 8.09. The lowest BCUT2D eigenvalue weighted by atomic mass is 10.1. The molecule has 1 heterocycles. The summed E-state index contributed by atoms with van der Waals surface area (Å²) in [4.78, 5) is 38.2. The van der Waals surface area contributed by atoms with Crippen LogP contribution in [0, 0.1) is 0 Å². The Morgan fingerprint density at radius 2 is 1.88 bits per heavy atom. The van der Waals surface area contributed by atoms with Gasteiger partial charge in [0.15, 0.2) is 0 Å². The first-order valence-electron chi connectivity index (χ1n) is 7.71. The molecule has 3 amide bonds. The van der Waals surface area contributed by atoms with E-state index in [-0.39, 0.29) is 41.3 Å². The largest absolute Gasteiger partial charge is 0.506 e. The Morgan fingerprint density at radius 3 is 2.62 bits per heavy atom. The third-order valence-corrected chi connectivity index (χ3v) is 4.19. The van der Waals surface area contributed by atoms with Gasteiger partial charge in [0.2, 0.25) is 0 Å². The highest BCUT2D eigenvalue weighted by Gasteiger charge is 2.35. The van der Waals surface area contributed by atoms with Gasteiger partial charge in [0.05, 0.1) is 30.0 Å². The van der Waals surface area contributed by atoms with Crippen LogP contribution in [-0.4, -0.2) is 48.0 Å². The van der Waals surface area contributed by atoms with Crippen LogP contribution in [0.1, 0.15) is 31.1 Å². The van der Waals surface area contributed by atoms with Crippen molar-refractivity contribution in [2.45, 2.75) is 0 Å². The molecule has 0 atom stereocenters. The van der Waals surface area contributed by atoms with E-state index in [1.807, 2.05) is 0 Å². The van der Waals surface area contributed by atoms with Crippen molar-refractivity contribution in [3.05, 3.63) is 58.1 Å². The number of anilines is 1. The summed E-state index contributed by atoms with van der Waals surface area (Å²) < 4.78 is 4.90. The van der Waals surface area contributed by atoms with Gasteiger partial charge < -0.3 is 15.2 Å². The number of nitrogens with one attached hydrogen (secondary N) is 1. The predicted molar refractivity (Wildman–Crippen MR) is 94.8 cm³/mol. The van der Waals surface area contributed by atoms with Crippen LogP contribution >= 0.6 is 11.6 Å².